The van der Waals surface area contributed by atoms with Gasteiger partial charge in [0.25, 0.3) is 0 Å². The maximum atomic E-state index is 12.7. The first kappa shape index (κ1) is 20.8. The number of carbonyl (C=O) groups excluding carboxylic acids is 1. The van der Waals surface area contributed by atoms with Crippen molar-refractivity contribution in [1.82, 2.24) is 14.8 Å². The van der Waals surface area contributed by atoms with Crippen LogP contribution >= 0.6 is 11.8 Å². The van der Waals surface area contributed by atoms with E-state index in [2.05, 4.69) is 25.0 Å². The second-order valence-corrected chi connectivity index (χ2v) is 8.67. The summed E-state index contributed by atoms with van der Waals surface area (Å²) in [6.07, 6.45) is 2.25. The molecule has 1 saturated heterocycles. The Bertz CT molecular complexity index is 1060. The second-order valence-electron chi connectivity index (χ2n) is 7.73. The van der Waals surface area contributed by atoms with Crippen LogP contribution in [0.3, 0.4) is 0 Å². The van der Waals surface area contributed by atoms with Crippen molar-refractivity contribution < 1.29 is 14.3 Å². The van der Waals surface area contributed by atoms with Gasteiger partial charge in [-0.05, 0) is 37.1 Å². The molecule has 0 spiro atoms. The Morgan fingerprint density at radius 2 is 1.81 bits per heavy atom. The fourth-order valence-electron chi connectivity index (χ4n) is 3.59. The van der Waals surface area contributed by atoms with E-state index in [9.17, 15) is 4.79 Å². The first-order valence-electron chi connectivity index (χ1n) is 10.8. The van der Waals surface area contributed by atoms with Crippen molar-refractivity contribution in [2.75, 3.05) is 42.3 Å². The number of anilines is 2. The van der Waals surface area contributed by atoms with Gasteiger partial charge < -0.3 is 19.7 Å². The van der Waals surface area contributed by atoms with Crippen molar-refractivity contribution in [2.45, 2.75) is 24.0 Å². The maximum absolute atomic E-state index is 12.7. The van der Waals surface area contributed by atoms with Gasteiger partial charge in [0, 0.05) is 19.1 Å². The van der Waals surface area contributed by atoms with Crippen LogP contribution in [0.5, 0.6) is 11.5 Å². The quantitative estimate of drug-likeness (QED) is 0.519. The lowest BCUT2D eigenvalue weighted by Gasteiger charge is -2.27. The van der Waals surface area contributed by atoms with Gasteiger partial charge in [-0.3, -0.25) is 9.36 Å². The Balaban J connectivity index is 1.24. The van der Waals surface area contributed by atoms with Crippen LogP contribution in [0.4, 0.5) is 11.6 Å². The molecule has 1 aliphatic heterocycles. The van der Waals surface area contributed by atoms with Crippen molar-refractivity contribution >= 4 is 29.3 Å². The average Bonchev–Trinajstić information content (AvgIpc) is 3.59. The van der Waals surface area contributed by atoms with Gasteiger partial charge in [0.1, 0.15) is 5.75 Å². The summed E-state index contributed by atoms with van der Waals surface area (Å²) in [6, 6.07) is 17.4. The number of ether oxygens (including phenoxy) is 2. The van der Waals surface area contributed by atoms with E-state index in [4.69, 9.17) is 9.47 Å². The number of morpholine rings is 1. The Morgan fingerprint density at radius 1 is 1.06 bits per heavy atom. The number of benzene rings is 2. The van der Waals surface area contributed by atoms with Crippen molar-refractivity contribution in [2.24, 2.45) is 0 Å². The van der Waals surface area contributed by atoms with Crippen LogP contribution in [-0.2, 0) is 9.53 Å². The molecule has 2 fully saturated rings. The second kappa shape index (κ2) is 9.62. The molecule has 8 nitrogen and oxygen atoms in total. The molecule has 2 aromatic carbocycles. The number of nitrogens with one attached hydrogen (secondary N) is 1. The van der Waals surface area contributed by atoms with Gasteiger partial charge in [-0.25, -0.2) is 0 Å². The fraction of sp³-hybridized carbons (Fsp3) is 0.348. The molecular weight excluding hydrogens is 426 g/mol. The van der Waals surface area contributed by atoms with Crippen molar-refractivity contribution in [3.63, 3.8) is 0 Å². The molecule has 0 unspecified atom stereocenters. The summed E-state index contributed by atoms with van der Waals surface area (Å²) >= 11 is 1.42. The molecule has 32 heavy (non-hydrogen) atoms. The summed E-state index contributed by atoms with van der Waals surface area (Å²) < 4.78 is 13.6. The van der Waals surface area contributed by atoms with Crippen LogP contribution in [0.15, 0.2) is 59.8 Å². The number of nitrogens with zero attached hydrogens (tertiary/aromatic N) is 4. The van der Waals surface area contributed by atoms with E-state index in [1.54, 1.807) is 0 Å². The van der Waals surface area contributed by atoms with E-state index in [0.29, 0.717) is 30.7 Å². The van der Waals surface area contributed by atoms with E-state index in [0.717, 1.165) is 42.8 Å². The van der Waals surface area contributed by atoms with Gasteiger partial charge in [0.15, 0.2) is 10.9 Å². The highest BCUT2D eigenvalue weighted by molar-refractivity contribution is 7.99. The van der Waals surface area contributed by atoms with Crippen LogP contribution in [0, 0.1) is 0 Å². The molecule has 166 valence electrons. The molecule has 2 heterocycles. The Hall–Kier alpha value is -3.04. The molecule has 0 radical (unpaired) electrons. The van der Waals surface area contributed by atoms with Crippen LogP contribution < -0.4 is 15.0 Å². The lowest BCUT2D eigenvalue weighted by atomic mass is 10.3. The monoisotopic (exact) mass is 451 g/mol. The highest BCUT2D eigenvalue weighted by Crippen LogP contribution is 2.41. The predicted molar refractivity (Wildman–Crippen MR) is 124 cm³/mol. The zero-order valence-electron chi connectivity index (χ0n) is 17.6. The number of hydrogen-bond donors (Lipinski definition) is 1. The lowest BCUT2D eigenvalue weighted by Crippen LogP contribution is -2.38. The third kappa shape index (κ3) is 4.89. The van der Waals surface area contributed by atoms with Gasteiger partial charge in [-0.15, -0.1) is 10.2 Å². The summed E-state index contributed by atoms with van der Waals surface area (Å²) in [4.78, 5) is 14.9. The molecule has 0 atom stereocenters. The molecule has 2 aliphatic rings. The SMILES string of the molecule is O=C(CSc1nnc(N2CCOCC2)n1C1CC1)Nc1ccccc1Oc1ccccc1. The fourth-order valence-corrected chi connectivity index (χ4v) is 4.39. The number of para-hydroxylation sites is 3. The molecule has 3 aromatic rings. The topological polar surface area (TPSA) is 81.5 Å². The van der Waals surface area contributed by atoms with E-state index in [1.165, 1.54) is 11.8 Å². The number of amides is 1. The first-order chi connectivity index (χ1) is 15.8. The van der Waals surface area contributed by atoms with Crippen molar-refractivity contribution in [3.8, 4) is 11.5 Å². The summed E-state index contributed by atoms with van der Waals surface area (Å²) in [6.45, 7) is 3.03. The van der Waals surface area contributed by atoms with E-state index >= 15 is 0 Å². The summed E-state index contributed by atoms with van der Waals surface area (Å²) in [5, 5.41) is 12.6. The normalized spacial score (nSPS) is 16.1. The third-order valence-electron chi connectivity index (χ3n) is 5.32. The molecule has 5 rings (SSSR count). The molecule has 1 aromatic heterocycles. The van der Waals surface area contributed by atoms with E-state index in [-0.39, 0.29) is 11.7 Å². The standard InChI is InChI=1S/C23H25N5O3S/c29-21(24-19-8-4-5-9-20(19)31-18-6-2-1-3-7-18)16-32-23-26-25-22(28(23)17-10-11-17)27-12-14-30-15-13-27/h1-9,17H,10-16H2,(H,24,29). The van der Waals surface area contributed by atoms with Gasteiger partial charge >= 0.3 is 0 Å². The van der Waals surface area contributed by atoms with Crippen LogP contribution in [-0.4, -0.2) is 52.7 Å². The Labute approximate surface area is 190 Å². The number of hydrogen-bond acceptors (Lipinski definition) is 7. The molecule has 1 saturated carbocycles. The number of thioether (sulfide) groups is 1. The van der Waals surface area contributed by atoms with Gasteiger partial charge in [-0.1, -0.05) is 42.1 Å². The summed E-state index contributed by atoms with van der Waals surface area (Å²) in [7, 11) is 0. The predicted octanol–water partition coefficient (Wildman–Crippen LogP) is 3.97. The summed E-state index contributed by atoms with van der Waals surface area (Å²) in [5.41, 5.74) is 0.639. The largest absolute Gasteiger partial charge is 0.455 e. The smallest absolute Gasteiger partial charge is 0.234 e. The Kier molecular flexibility index (Phi) is 6.27. The first-order valence-corrected chi connectivity index (χ1v) is 11.8. The minimum atomic E-state index is -0.114. The van der Waals surface area contributed by atoms with Crippen molar-refractivity contribution in [1.29, 1.82) is 0 Å². The molecule has 0 bridgehead atoms. The van der Waals surface area contributed by atoms with Gasteiger partial charge in [-0.2, -0.15) is 0 Å². The van der Waals surface area contributed by atoms with Crippen LogP contribution in [0.2, 0.25) is 0 Å². The maximum Gasteiger partial charge on any atom is 0.234 e. The molecule has 1 amide bonds. The third-order valence-corrected chi connectivity index (χ3v) is 6.26. The minimum Gasteiger partial charge on any atom is -0.455 e. The lowest BCUT2D eigenvalue weighted by molar-refractivity contribution is -0.113. The molecule has 1 aliphatic carbocycles. The number of rotatable bonds is 8. The number of aromatic nitrogens is 3. The zero-order valence-corrected chi connectivity index (χ0v) is 18.5. The van der Waals surface area contributed by atoms with Crippen LogP contribution in [0.1, 0.15) is 18.9 Å². The Morgan fingerprint density at radius 3 is 2.59 bits per heavy atom. The number of carbonyl (C=O) groups is 1. The van der Waals surface area contributed by atoms with E-state index in [1.807, 2.05) is 54.6 Å². The average molecular weight is 452 g/mol. The zero-order chi connectivity index (χ0) is 21.8. The highest BCUT2D eigenvalue weighted by Gasteiger charge is 2.32. The van der Waals surface area contributed by atoms with Crippen molar-refractivity contribution in [3.05, 3.63) is 54.6 Å². The minimum absolute atomic E-state index is 0.114. The van der Waals surface area contributed by atoms with Gasteiger partial charge in [0.2, 0.25) is 11.9 Å². The highest BCUT2D eigenvalue weighted by atomic mass is 32.2. The van der Waals surface area contributed by atoms with Gasteiger partial charge in [0.05, 0.1) is 24.7 Å². The van der Waals surface area contributed by atoms with Crippen LogP contribution in [0.25, 0.3) is 0 Å². The molecular formula is C23H25N5O3S. The molecule has 1 N–H and O–H groups in total. The van der Waals surface area contributed by atoms with E-state index < -0.39 is 0 Å². The molecule has 9 heteroatoms. The summed E-state index contributed by atoms with van der Waals surface area (Å²) in [5.74, 6) is 2.34.